The van der Waals surface area contributed by atoms with E-state index in [0.717, 1.165) is 0 Å². The summed E-state index contributed by atoms with van der Waals surface area (Å²) in [4.78, 5) is 25.3. The number of rotatable bonds is 2. The SMILES string of the molecule is CC(=O)C(C)(C)C(=O)ON. The summed E-state index contributed by atoms with van der Waals surface area (Å²) >= 11 is 0. The van der Waals surface area contributed by atoms with Crippen LogP contribution in [0, 0.1) is 5.41 Å². The average Bonchev–Trinajstić information content (AvgIpc) is 1.86. The fourth-order valence-electron chi connectivity index (χ4n) is 0.291. The standard InChI is InChI=1S/C6H11NO3/c1-4(8)6(2,3)5(9)10-7/h7H2,1-3H3. The van der Waals surface area contributed by atoms with Crippen LogP contribution in [0.4, 0.5) is 0 Å². The Balaban J connectivity index is 4.40. The van der Waals surface area contributed by atoms with Crippen LogP contribution in [-0.2, 0) is 14.4 Å². The van der Waals surface area contributed by atoms with Gasteiger partial charge in [-0.05, 0) is 20.8 Å². The van der Waals surface area contributed by atoms with Crippen molar-refractivity contribution in [3.05, 3.63) is 0 Å². The van der Waals surface area contributed by atoms with E-state index < -0.39 is 11.4 Å². The molecule has 10 heavy (non-hydrogen) atoms. The predicted molar refractivity (Wildman–Crippen MR) is 34.7 cm³/mol. The van der Waals surface area contributed by atoms with Crippen molar-refractivity contribution in [3.63, 3.8) is 0 Å². The van der Waals surface area contributed by atoms with Crippen molar-refractivity contribution in [3.8, 4) is 0 Å². The molecule has 58 valence electrons. The van der Waals surface area contributed by atoms with Crippen LogP contribution in [0.25, 0.3) is 0 Å². The van der Waals surface area contributed by atoms with Gasteiger partial charge in [-0.3, -0.25) is 4.79 Å². The molecule has 0 spiro atoms. The molecule has 0 aliphatic rings. The number of nitrogens with two attached hydrogens (primary N) is 1. The number of carbonyl (C=O) groups is 2. The minimum atomic E-state index is -1.12. The summed E-state index contributed by atoms with van der Waals surface area (Å²) < 4.78 is 0. The molecule has 0 aromatic heterocycles. The maximum Gasteiger partial charge on any atom is 0.337 e. The summed E-state index contributed by atoms with van der Waals surface area (Å²) in [5, 5.41) is 0. The van der Waals surface area contributed by atoms with Gasteiger partial charge in [-0.25, -0.2) is 4.79 Å². The van der Waals surface area contributed by atoms with Crippen LogP contribution in [-0.4, -0.2) is 11.8 Å². The fourth-order valence-corrected chi connectivity index (χ4v) is 0.291. The van der Waals surface area contributed by atoms with Gasteiger partial charge in [-0.2, -0.15) is 5.90 Å². The lowest BCUT2D eigenvalue weighted by molar-refractivity contribution is -0.158. The van der Waals surface area contributed by atoms with Crippen molar-refractivity contribution in [2.45, 2.75) is 20.8 Å². The Morgan fingerprint density at radius 3 is 1.90 bits per heavy atom. The monoisotopic (exact) mass is 145 g/mol. The summed E-state index contributed by atoms with van der Waals surface area (Å²) in [6, 6.07) is 0. The van der Waals surface area contributed by atoms with E-state index in [1.807, 2.05) is 0 Å². The van der Waals surface area contributed by atoms with Crippen LogP contribution in [0.2, 0.25) is 0 Å². The molecule has 0 rings (SSSR count). The highest BCUT2D eigenvalue weighted by Crippen LogP contribution is 2.16. The Labute approximate surface area is 59.3 Å². The van der Waals surface area contributed by atoms with Crippen LogP contribution in [0.5, 0.6) is 0 Å². The molecule has 0 aliphatic carbocycles. The molecule has 4 heteroatoms. The molecule has 0 atom stereocenters. The topological polar surface area (TPSA) is 69.4 Å². The summed E-state index contributed by atoms with van der Waals surface area (Å²) in [6.45, 7) is 4.24. The number of carbonyl (C=O) groups excluding carboxylic acids is 2. The van der Waals surface area contributed by atoms with Crippen molar-refractivity contribution in [1.82, 2.24) is 0 Å². The normalized spacial score (nSPS) is 10.8. The second-order valence-corrected chi connectivity index (χ2v) is 2.59. The molecule has 0 bridgehead atoms. The van der Waals surface area contributed by atoms with Gasteiger partial charge in [-0.1, -0.05) is 0 Å². The molecule has 0 aromatic carbocycles. The van der Waals surface area contributed by atoms with Gasteiger partial charge in [0.05, 0.1) is 0 Å². The lowest BCUT2D eigenvalue weighted by Crippen LogP contribution is -2.34. The first-order valence-corrected chi connectivity index (χ1v) is 2.85. The molecule has 0 unspecified atom stereocenters. The molecule has 0 heterocycles. The summed E-state index contributed by atoms with van der Waals surface area (Å²) in [5.74, 6) is 3.62. The largest absolute Gasteiger partial charge is 0.373 e. The van der Waals surface area contributed by atoms with Gasteiger partial charge >= 0.3 is 5.97 Å². The molecule has 0 fully saturated rings. The summed E-state index contributed by atoms with van der Waals surface area (Å²) in [6.07, 6.45) is 0. The molecular formula is C6H11NO3. The van der Waals surface area contributed by atoms with E-state index in [4.69, 9.17) is 0 Å². The van der Waals surface area contributed by atoms with E-state index >= 15 is 0 Å². The van der Waals surface area contributed by atoms with Gasteiger partial charge < -0.3 is 4.84 Å². The summed E-state index contributed by atoms with van der Waals surface area (Å²) in [5.41, 5.74) is -1.12. The molecule has 0 aliphatic heterocycles. The van der Waals surface area contributed by atoms with Gasteiger partial charge in [0, 0.05) is 0 Å². The Kier molecular flexibility index (Phi) is 2.54. The molecule has 2 N–H and O–H groups in total. The number of hydrogen-bond acceptors (Lipinski definition) is 4. The number of Topliss-reactive ketones (excluding diaryl/α,β-unsaturated/α-hetero) is 1. The smallest absolute Gasteiger partial charge is 0.337 e. The minimum absolute atomic E-state index is 0.261. The predicted octanol–water partition coefficient (Wildman–Crippen LogP) is 0.0185. The molecular weight excluding hydrogens is 134 g/mol. The first-order valence-electron chi connectivity index (χ1n) is 2.85. The second kappa shape index (κ2) is 2.79. The Bertz CT molecular complexity index is 162. The molecule has 0 amide bonds. The zero-order chi connectivity index (χ0) is 8.36. The molecule has 0 aromatic rings. The number of hydrogen-bond donors (Lipinski definition) is 1. The first-order chi connectivity index (χ1) is 4.42. The van der Waals surface area contributed by atoms with Crippen LogP contribution < -0.4 is 5.90 Å². The van der Waals surface area contributed by atoms with Crippen LogP contribution in [0.3, 0.4) is 0 Å². The van der Waals surface area contributed by atoms with Gasteiger partial charge in [-0.15, -0.1) is 0 Å². The highest BCUT2D eigenvalue weighted by Gasteiger charge is 2.34. The maximum atomic E-state index is 10.7. The zero-order valence-electron chi connectivity index (χ0n) is 6.30. The van der Waals surface area contributed by atoms with E-state index in [1.165, 1.54) is 20.8 Å². The van der Waals surface area contributed by atoms with Gasteiger partial charge in [0.1, 0.15) is 11.2 Å². The molecule has 0 saturated heterocycles. The minimum Gasteiger partial charge on any atom is -0.373 e. The highest BCUT2D eigenvalue weighted by molar-refractivity contribution is 6.01. The highest BCUT2D eigenvalue weighted by atomic mass is 16.7. The van der Waals surface area contributed by atoms with Gasteiger partial charge in [0.25, 0.3) is 0 Å². The Hall–Kier alpha value is -0.900. The molecule has 0 radical (unpaired) electrons. The average molecular weight is 145 g/mol. The quantitative estimate of drug-likeness (QED) is 0.439. The van der Waals surface area contributed by atoms with Gasteiger partial charge in [0.15, 0.2) is 0 Å². The van der Waals surface area contributed by atoms with Crippen LogP contribution >= 0.6 is 0 Å². The van der Waals surface area contributed by atoms with E-state index in [1.54, 1.807) is 0 Å². The number of ketones is 1. The van der Waals surface area contributed by atoms with Crippen LogP contribution in [0.15, 0.2) is 0 Å². The van der Waals surface area contributed by atoms with Crippen molar-refractivity contribution < 1.29 is 14.4 Å². The van der Waals surface area contributed by atoms with Crippen molar-refractivity contribution in [2.75, 3.05) is 0 Å². The first kappa shape index (κ1) is 9.10. The van der Waals surface area contributed by atoms with E-state index in [-0.39, 0.29) is 5.78 Å². The fraction of sp³-hybridized carbons (Fsp3) is 0.667. The van der Waals surface area contributed by atoms with Crippen molar-refractivity contribution in [2.24, 2.45) is 11.3 Å². The third kappa shape index (κ3) is 1.54. The zero-order valence-corrected chi connectivity index (χ0v) is 6.30. The Morgan fingerprint density at radius 2 is 1.80 bits per heavy atom. The van der Waals surface area contributed by atoms with Crippen molar-refractivity contribution in [1.29, 1.82) is 0 Å². The van der Waals surface area contributed by atoms with E-state index in [9.17, 15) is 9.59 Å². The summed E-state index contributed by atoms with van der Waals surface area (Å²) in [7, 11) is 0. The maximum absolute atomic E-state index is 10.7. The lowest BCUT2D eigenvalue weighted by Gasteiger charge is -2.15. The Morgan fingerprint density at radius 1 is 1.40 bits per heavy atom. The third-order valence-electron chi connectivity index (χ3n) is 1.50. The molecule has 4 nitrogen and oxygen atoms in total. The van der Waals surface area contributed by atoms with Crippen LogP contribution in [0.1, 0.15) is 20.8 Å². The third-order valence-corrected chi connectivity index (χ3v) is 1.50. The second-order valence-electron chi connectivity index (χ2n) is 2.59. The van der Waals surface area contributed by atoms with Crippen molar-refractivity contribution >= 4 is 11.8 Å². The molecule has 0 saturated carbocycles. The van der Waals surface area contributed by atoms with Gasteiger partial charge in [0.2, 0.25) is 0 Å². The van der Waals surface area contributed by atoms with E-state index in [0.29, 0.717) is 0 Å². The van der Waals surface area contributed by atoms with E-state index in [2.05, 4.69) is 10.7 Å². The lowest BCUT2D eigenvalue weighted by atomic mass is 9.89.